The third-order valence-electron chi connectivity index (χ3n) is 4.78. The van der Waals surface area contributed by atoms with Gasteiger partial charge in [0.1, 0.15) is 11.6 Å². The third-order valence-corrected chi connectivity index (χ3v) is 5.09. The maximum absolute atomic E-state index is 13.4. The van der Waals surface area contributed by atoms with Crippen LogP contribution < -0.4 is 10.2 Å². The van der Waals surface area contributed by atoms with E-state index in [0.717, 1.165) is 42.9 Å². The molecule has 1 amide bonds. The van der Waals surface area contributed by atoms with Crippen molar-refractivity contribution in [2.45, 2.75) is 25.8 Å². The first-order valence-corrected chi connectivity index (χ1v) is 9.68. The summed E-state index contributed by atoms with van der Waals surface area (Å²) in [7, 11) is 3.76. The normalized spacial score (nSPS) is 15.1. The van der Waals surface area contributed by atoms with Gasteiger partial charge >= 0.3 is 0 Å². The second-order valence-electron chi connectivity index (χ2n) is 7.41. The van der Waals surface area contributed by atoms with Gasteiger partial charge in [-0.05, 0) is 51.6 Å². The number of anilines is 1. The number of amides is 1. The molecule has 3 rings (SSSR count). The SMILES string of the molecule is Cc1cc(F)cnc1-c1cc(N2CCC(NC(=O)CN(C)C)CC2)ncc1Cl. The number of nitrogens with zero attached hydrogens (tertiary/aromatic N) is 4. The van der Waals surface area contributed by atoms with Crippen molar-refractivity contribution in [3.05, 3.63) is 40.9 Å². The van der Waals surface area contributed by atoms with Gasteiger partial charge in [0.2, 0.25) is 5.91 Å². The number of hydrogen-bond acceptors (Lipinski definition) is 5. The van der Waals surface area contributed by atoms with Crippen LogP contribution in [0.4, 0.5) is 10.2 Å². The zero-order chi connectivity index (χ0) is 20.3. The molecule has 2 aromatic heterocycles. The summed E-state index contributed by atoms with van der Waals surface area (Å²) in [6.07, 6.45) is 4.52. The molecule has 0 radical (unpaired) electrons. The number of aromatic nitrogens is 2. The molecule has 1 saturated heterocycles. The predicted octanol–water partition coefficient (Wildman–Crippen LogP) is 2.89. The number of halogens is 2. The Morgan fingerprint density at radius 3 is 2.64 bits per heavy atom. The fourth-order valence-corrected chi connectivity index (χ4v) is 3.61. The highest BCUT2D eigenvalue weighted by atomic mass is 35.5. The number of aryl methyl sites for hydroxylation is 1. The number of carbonyl (C=O) groups excluding carboxylic acids is 1. The van der Waals surface area contributed by atoms with Crippen LogP contribution in [0.5, 0.6) is 0 Å². The lowest BCUT2D eigenvalue weighted by atomic mass is 10.0. The van der Waals surface area contributed by atoms with E-state index in [2.05, 4.69) is 20.2 Å². The van der Waals surface area contributed by atoms with Crippen molar-refractivity contribution in [1.29, 1.82) is 0 Å². The molecule has 0 saturated carbocycles. The minimum absolute atomic E-state index is 0.0493. The number of likely N-dealkylation sites (N-methyl/N-ethyl adjacent to an activating group) is 1. The van der Waals surface area contributed by atoms with Crippen molar-refractivity contribution in [3.63, 3.8) is 0 Å². The minimum atomic E-state index is -0.370. The Morgan fingerprint density at radius 2 is 2.00 bits per heavy atom. The molecule has 2 aromatic rings. The van der Waals surface area contributed by atoms with Crippen LogP contribution in [-0.4, -0.2) is 60.5 Å². The molecular formula is C20H25ClFN5O. The summed E-state index contributed by atoms with van der Waals surface area (Å²) in [5.74, 6) is 0.487. The molecule has 3 heterocycles. The van der Waals surface area contributed by atoms with Gasteiger partial charge in [-0.15, -0.1) is 0 Å². The Kier molecular flexibility index (Phi) is 6.46. The van der Waals surface area contributed by atoms with Crippen LogP contribution in [0.15, 0.2) is 24.5 Å². The summed E-state index contributed by atoms with van der Waals surface area (Å²) in [6.45, 7) is 3.78. The van der Waals surface area contributed by atoms with Gasteiger partial charge in [-0.2, -0.15) is 0 Å². The molecule has 1 N–H and O–H groups in total. The fraction of sp³-hybridized carbons (Fsp3) is 0.450. The first-order chi connectivity index (χ1) is 13.3. The zero-order valence-corrected chi connectivity index (χ0v) is 17.1. The highest BCUT2D eigenvalue weighted by Crippen LogP contribution is 2.32. The highest BCUT2D eigenvalue weighted by Gasteiger charge is 2.22. The smallest absolute Gasteiger partial charge is 0.234 e. The standard InChI is InChI=1S/C20H25ClFN5O/c1-13-8-14(22)10-24-20(13)16-9-18(23-11-17(16)21)27-6-4-15(5-7-27)25-19(28)12-26(2)3/h8-11,15H,4-7,12H2,1-3H3,(H,25,28). The van der Waals surface area contributed by atoms with Crippen molar-refractivity contribution in [3.8, 4) is 11.3 Å². The Hall–Kier alpha value is -2.25. The van der Waals surface area contributed by atoms with Crippen molar-refractivity contribution in [2.75, 3.05) is 38.6 Å². The molecule has 1 aliphatic heterocycles. The van der Waals surface area contributed by atoms with E-state index in [1.165, 1.54) is 12.3 Å². The summed E-state index contributed by atoms with van der Waals surface area (Å²) >= 11 is 6.34. The Bertz CT molecular complexity index is 852. The van der Waals surface area contributed by atoms with Crippen molar-refractivity contribution in [2.24, 2.45) is 0 Å². The van der Waals surface area contributed by atoms with E-state index in [1.807, 2.05) is 32.0 Å². The average molecular weight is 406 g/mol. The molecule has 0 aliphatic carbocycles. The van der Waals surface area contributed by atoms with E-state index >= 15 is 0 Å². The average Bonchev–Trinajstić information content (AvgIpc) is 2.63. The monoisotopic (exact) mass is 405 g/mol. The minimum Gasteiger partial charge on any atom is -0.356 e. The molecule has 1 fully saturated rings. The largest absolute Gasteiger partial charge is 0.356 e. The van der Waals surface area contributed by atoms with Gasteiger partial charge in [-0.3, -0.25) is 9.78 Å². The highest BCUT2D eigenvalue weighted by molar-refractivity contribution is 6.33. The predicted molar refractivity (Wildman–Crippen MR) is 109 cm³/mol. The first kappa shape index (κ1) is 20.5. The Morgan fingerprint density at radius 1 is 1.29 bits per heavy atom. The fourth-order valence-electron chi connectivity index (χ4n) is 3.42. The van der Waals surface area contributed by atoms with Gasteiger partial charge in [0.15, 0.2) is 0 Å². The van der Waals surface area contributed by atoms with E-state index in [9.17, 15) is 9.18 Å². The molecule has 0 unspecified atom stereocenters. The summed E-state index contributed by atoms with van der Waals surface area (Å²) in [5.41, 5.74) is 2.12. The molecule has 6 nitrogen and oxygen atoms in total. The quantitative estimate of drug-likeness (QED) is 0.828. The van der Waals surface area contributed by atoms with E-state index in [0.29, 0.717) is 17.3 Å². The number of nitrogens with one attached hydrogen (secondary N) is 1. The van der Waals surface area contributed by atoms with Crippen LogP contribution in [0.2, 0.25) is 5.02 Å². The number of hydrogen-bond donors (Lipinski definition) is 1. The summed E-state index contributed by atoms with van der Waals surface area (Å²) in [4.78, 5) is 24.6. The number of rotatable bonds is 5. The first-order valence-electron chi connectivity index (χ1n) is 9.30. The number of pyridine rings is 2. The van der Waals surface area contributed by atoms with Crippen LogP contribution in [0.25, 0.3) is 11.3 Å². The Labute approximate surface area is 169 Å². The molecule has 1 aliphatic rings. The van der Waals surface area contributed by atoms with Gasteiger partial charge in [0, 0.05) is 30.9 Å². The van der Waals surface area contributed by atoms with Gasteiger partial charge in [0.25, 0.3) is 0 Å². The van der Waals surface area contributed by atoms with Crippen molar-refractivity contribution >= 4 is 23.3 Å². The second-order valence-corrected chi connectivity index (χ2v) is 7.82. The molecule has 0 aromatic carbocycles. The van der Waals surface area contributed by atoms with Crippen LogP contribution in [0.3, 0.4) is 0 Å². The van der Waals surface area contributed by atoms with Crippen LogP contribution >= 0.6 is 11.6 Å². The third kappa shape index (κ3) is 4.97. The summed E-state index contributed by atoms with van der Waals surface area (Å²) in [6, 6.07) is 3.53. The van der Waals surface area contributed by atoms with Crippen molar-refractivity contribution in [1.82, 2.24) is 20.2 Å². The lowest BCUT2D eigenvalue weighted by Crippen LogP contribution is -2.47. The molecule has 150 valence electrons. The van der Waals surface area contributed by atoms with E-state index in [1.54, 1.807) is 6.20 Å². The van der Waals surface area contributed by atoms with Gasteiger partial charge < -0.3 is 15.1 Å². The summed E-state index contributed by atoms with van der Waals surface area (Å²) < 4.78 is 13.4. The van der Waals surface area contributed by atoms with E-state index < -0.39 is 0 Å². The second kappa shape index (κ2) is 8.84. The molecule has 28 heavy (non-hydrogen) atoms. The maximum atomic E-state index is 13.4. The van der Waals surface area contributed by atoms with Crippen LogP contribution in [-0.2, 0) is 4.79 Å². The van der Waals surface area contributed by atoms with Crippen LogP contribution in [0, 0.1) is 12.7 Å². The molecule has 0 atom stereocenters. The van der Waals surface area contributed by atoms with Crippen molar-refractivity contribution < 1.29 is 9.18 Å². The maximum Gasteiger partial charge on any atom is 0.234 e. The van der Waals surface area contributed by atoms with E-state index in [-0.39, 0.29) is 17.8 Å². The van der Waals surface area contributed by atoms with Gasteiger partial charge in [0.05, 0.1) is 23.5 Å². The zero-order valence-electron chi connectivity index (χ0n) is 16.4. The van der Waals surface area contributed by atoms with E-state index in [4.69, 9.17) is 11.6 Å². The molecule has 0 bridgehead atoms. The molecule has 0 spiro atoms. The van der Waals surface area contributed by atoms with Crippen LogP contribution in [0.1, 0.15) is 18.4 Å². The van der Waals surface area contributed by atoms with Gasteiger partial charge in [-0.1, -0.05) is 11.6 Å². The van der Waals surface area contributed by atoms with Gasteiger partial charge in [-0.25, -0.2) is 9.37 Å². The molecular weight excluding hydrogens is 381 g/mol. The number of carbonyl (C=O) groups is 1. The lowest BCUT2D eigenvalue weighted by molar-refractivity contribution is -0.122. The number of piperidine rings is 1. The lowest BCUT2D eigenvalue weighted by Gasteiger charge is -2.33. The topological polar surface area (TPSA) is 61.4 Å². The Balaban J connectivity index is 1.70. The molecule has 8 heteroatoms. The summed E-state index contributed by atoms with van der Waals surface area (Å²) in [5, 5.41) is 3.57.